The van der Waals surface area contributed by atoms with Crippen molar-refractivity contribution >= 4 is 27.5 Å². The van der Waals surface area contributed by atoms with E-state index in [1.165, 1.54) is 11.8 Å². The van der Waals surface area contributed by atoms with Crippen LogP contribution in [0.5, 0.6) is 0 Å². The molecule has 0 aliphatic carbocycles. The zero-order valence-electron chi connectivity index (χ0n) is 14.8. The zero-order chi connectivity index (χ0) is 18.7. The number of rotatable bonds is 6. The van der Waals surface area contributed by atoms with E-state index in [4.69, 9.17) is 0 Å². The minimum absolute atomic E-state index is 0.0660. The van der Waals surface area contributed by atoms with Crippen molar-refractivity contribution in [3.63, 3.8) is 0 Å². The second kappa shape index (κ2) is 7.79. The Kier molecular flexibility index (Phi) is 5.67. The highest BCUT2D eigenvalue weighted by molar-refractivity contribution is 7.99. The van der Waals surface area contributed by atoms with E-state index in [1.807, 2.05) is 48.7 Å². The molecule has 0 radical (unpaired) electrons. The van der Waals surface area contributed by atoms with Gasteiger partial charge in [-0.3, -0.25) is 9.36 Å². The summed E-state index contributed by atoms with van der Waals surface area (Å²) in [6.07, 6.45) is 0.520. The van der Waals surface area contributed by atoms with Gasteiger partial charge in [0.15, 0.2) is 15.0 Å². The molecule has 0 spiro atoms. The maximum Gasteiger partial charge on any atom is 0.233 e. The van der Waals surface area contributed by atoms with Crippen LogP contribution < -0.4 is 0 Å². The topological polar surface area (TPSA) is 85.2 Å². The highest BCUT2D eigenvalue weighted by atomic mass is 32.2. The van der Waals surface area contributed by atoms with E-state index < -0.39 is 9.84 Å². The summed E-state index contributed by atoms with van der Waals surface area (Å²) in [4.78, 5) is 14.3. The Morgan fingerprint density at radius 3 is 2.65 bits per heavy atom. The van der Waals surface area contributed by atoms with Gasteiger partial charge in [-0.15, -0.1) is 10.2 Å². The summed E-state index contributed by atoms with van der Waals surface area (Å²) in [6.45, 7) is 4.25. The molecule has 0 bridgehead atoms. The van der Waals surface area contributed by atoms with Crippen LogP contribution in [0.4, 0.5) is 0 Å². The third-order valence-electron chi connectivity index (χ3n) is 4.44. The first kappa shape index (κ1) is 18.9. The fourth-order valence-corrected chi connectivity index (χ4v) is 5.79. The Morgan fingerprint density at radius 1 is 1.31 bits per heavy atom. The lowest BCUT2D eigenvalue weighted by atomic mass is 10.2. The molecular weight excluding hydrogens is 372 g/mol. The van der Waals surface area contributed by atoms with Crippen molar-refractivity contribution < 1.29 is 13.2 Å². The van der Waals surface area contributed by atoms with Gasteiger partial charge in [-0.2, -0.15) is 0 Å². The van der Waals surface area contributed by atoms with Gasteiger partial charge in [-0.1, -0.05) is 30.0 Å². The van der Waals surface area contributed by atoms with Crippen LogP contribution >= 0.6 is 11.8 Å². The summed E-state index contributed by atoms with van der Waals surface area (Å²) >= 11 is 1.32. The summed E-state index contributed by atoms with van der Waals surface area (Å²) in [5.41, 5.74) is 0.944. The van der Waals surface area contributed by atoms with Gasteiger partial charge < -0.3 is 4.90 Å². The molecule has 3 rings (SSSR count). The first-order chi connectivity index (χ1) is 12.4. The van der Waals surface area contributed by atoms with Gasteiger partial charge in [0.05, 0.1) is 17.3 Å². The number of carbonyl (C=O) groups excluding carboxylic acids is 1. The number of hydrogen-bond acceptors (Lipinski definition) is 6. The van der Waals surface area contributed by atoms with Crippen molar-refractivity contribution in [3.05, 3.63) is 36.2 Å². The highest BCUT2D eigenvalue weighted by Crippen LogP contribution is 2.24. The molecule has 0 N–H and O–H groups in total. The van der Waals surface area contributed by atoms with Crippen LogP contribution in [0.25, 0.3) is 5.69 Å². The normalized spacial score (nSPS) is 18.8. The minimum atomic E-state index is -3.02. The van der Waals surface area contributed by atoms with Gasteiger partial charge in [-0.05, 0) is 32.4 Å². The van der Waals surface area contributed by atoms with Crippen LogP contribution in [0.1, 0.15) is 19.2 Å². The standard InChI is InChI=1S/C17H22N4O3S2/c1-3-20(15-9-10-26(23,24)12-15)16(22)11-25-17-19-18-13(2)21(17)14-7-5-4-6-8-14/h4-8,15H,3,9-12H2,1-2H3/t15-/m0/s1. The SMILES string of the molecule is CCN(C(=O)CSc1nnc(C)n1-c1ccccc1)[C@H]1CCS(=O)(=O)C1. The second-order valence-corrected chi connectivity index (χ2v) is 9.40. The van der Waals surface area contributed by atoms with Crippen molar-refractivity contribution in [2.45, 2.75) is 31.5 Å². The molecule has 1 fully saturated rings. The number of para-hydroxylation sites is 1. The molecule has 1 aliphatic rings. The highest BCUT2D eigenvalue weighted by Gasteiger charge is 2.33. The molecule has 140 valence electrons. The summed E-state index contributed by atoms with van der Waals surface area (Å²) in [5, 5.41) is 8.95. The van der Waals surface area contributed by atoms with E-state index in [2.05, 4.69) is 10.2 Å². The molecule has 1 atom stereocenters. The van der Waals surface area contributed by atoms with Crippen LogP contribution in [0, 0.1) is 6.92 Å². The number of carbonyl (C=O) groups is 1. The van der Waals surface area contributed by atoms with E-state index in [1.54, 1.807) is 4.90 Å². The van der Waals surface area contributed by atoms with Crippen molar-refractivity contribution in [1.82, 2.24) is 19.7 Å². The molecule has 1 amide bonds. The number of sulfone groups is 1. The Balaban J connectivity index is 1.70. The molecule has 7 nitrogen and oxygen atoms in total. The summed E-state index contributed by atoms with van der Waals surface area (Å²) in [5.74, 6) is 1.11. The van der Waals surface area contributed by atoms with Crippen molar-refractivity contribution in [2.75, 3.05) is 23.8 Å². The van der Waals surface area contributed by atoms with Gasteiger partial charge in [0.1, 0.15) is 5.82 Å². The average molecular weight is 395 g/mol. The van der Waals surface area contributed by atoms with Gasteiger partial charge in [-0.25, -0.2) is 8.42 Å². The van der Waals surface area contributed by atoms with Gasteiger partial charge >= 0.3 is 0 Å². The summed E-state index contributed by atoms with van der Waals surface area (Å²) in [6, 6.07) is 9.52. The molecule has 1 aliphatic heterocycles. The van der Waals surface area contributed by atoms with Gasteiger partial charge in [0, 0.05) is 18.3 Å². The lowest BCUT2D eigenvalue weighted by Crippen LogP contribution is -2.42. The quantitative estimate of drug-likeness (QED) is 0.694. The number of nitrogens with zero attached hydrogens (tertiary/aromatic N) is 4. The van der Waals surface area contributed by atoms with Crippen LogP contribution in [0.15, 0.2) is 35.5 Å². The number of hydrogen-bond donors (Lipinski definition) is 0. The van der Waals surface area contributed by atoms with E-state index in [-0.39, 0.29) is 29.2 Å². The number of thioether (sulfide) groups is 1. The molecule has 0 unspecified atom stereocenters. The molecular formula is C17H22N4O3S2. The van der Waals surface area contributed by atoms with Crippen LogP contribution in [0.3, 0.4) is 0 Å². The number of benzene rings is 1. The van der Waals surface area contributed by atoms with Crippen molar-refractivity contribution in [2.24, 2.45) is 0 Å². The van der Waals surface area contributed by atoms with Crippen molar-refractivity contribution in [1.29, 1.82) is 0 Å². The van der Waals surface area contributed by atoms with Gasteiger partial charge in [0.2, 0.25) is 5.91 Å². The summed E-state index contributed by atoms with van der Waals surface area (Å²) in [7, 11) is -3.02. The largest absolute Gasteiger partial charge is 0.338 e. The minimum Gasteiger partial charge on any atom is -0.338 e. The molecule has 1 aromatic carbocycles. The molecule has 1 saturated heterocycles. The van der Waals surface area contributed by atoms with Gasteiger partial charge in [0.25, 0.3) is 0 Å². The predicted octanol–water partition coefficient (Wildman–Crippen LogP) is 1.70. The Hall–Kier alpha value is -1.87. The lowest BCUT2D eigenvalue weighted by Gasteiger charge is -2.26. The van der Waals surface area contributed by atoms with Crippen LogP contribution in [-0.4, -0.2) is 63.8 Å². The zero-order valence-corrected chi connectivity index (χ0v) is 16.5. The number of aryl methyl sites for hydroxylation is 1. The molecule has 1 aromatic heterocycles. The van der Waals surface area contributed by atoms with E-state index >= 15 is 0 Å². The molecule has 26 heavy (non-hydrogen) atoms. The summed E-state index contributed by atoms with van der Waals surface area (Å²) < 4.78 is 25.3. The number of aromatic nitrogens is 3. The van der Waals surface area contributed by atoms with E-state index in [0.717, 1.165) is 11.5 Å². The fourth-order valence-electron chi connectivity index (χ4n) is 3.18. The molecule has 0 saturated carbocycles. The van der Waals surface area contributed by atoms with E-state index in [0.29, 0.717) is 18.1 Å². The van der Waals surface area contributed by atoms with E-state index in [9.17, 15) is 13.2 Å². The smallest absolute Gasteiger partial charge is 0.233 e. The van der Waals surface area contributed by atoms with Crippen LogP contribution in [-0.2, 0) is 14.6 Å². The van der Waals surface area contributed by atoms with Crippen LogP contribution in [0.2, 0.25) is 0 Å². The van der Waals surface area contributed by atoms with Crippen molar-refractivity contribution in [3.8, 4) is 5.69 Å². The third-order valence-corrected chi connectivity index (χ3v) is 7.11. The maximum atomic E-state index is 12.7. The fraction of sp³-hybridized carbons (Fsp3) is 0.471. The first-order valence-electron chi connectivity index (χ1n) is 8.51. The number of amides is 1. The predicted molar refractivity (Wildman–Crippen MR) is 101 cm³/mol. The average Bonchev–Trinajstić information content (AvgIpc) is 3.16. The first-order valence-corrected chi connectivity index (χ1v) is 11.3. The molecule has 9 heteroatoms. The lowest BCUT2D eigenvalue weighted by molar-refractivity contribution is -0.129. The monoisotopic (exact) mass is 394 g/mol. The third kappa shape index (κ3) is 4.09. The maximum absolute atomic E-state index is 12.7. The molecule has 2 heterocycles. The second-order valence-electron chi connectivity index (χ2n) is 6.23. The Morgan fingerprint density at radius 2 is 2.04 bits per heavy atom. The Bertz CT molecular complexity index is 881. The molecule has 2 aromatic rings. The Labute approximate surface area is 157 Å².